The van der Waals surface area contributed by atoms with Crippen LogP contribution in [-0.2, 0) is 0 Å². The number of carboxylic acids is 1. The minimum atomic E-state index is -1.28. The molecule has 1 fully saturated rings. The third kappa shape index (κ3) is 4.61. The average molecular weight is 506 g/mol. The molecule has 35 heavy (non-hydrogen) atoms. The van der Waals surface area contributed by atoms with Crippen molar-refractivity contribution in [3.05, 3.63) is 52.3 Å². The Morgan fingerprint density at radius 3 is 2.43 bits per heavy atom. The van der Waals surface area contributed by atoms with Gasteiger partial charge in [0.25, 0.3) is 0 Å². The van der Waals surface area contributed by atoms with Gasteiger partial charge in [-0.3, -0.25) is 4.90 Å². The second kappa shape index (κ2) is 9.31. The maximum atomic E-state index is 15.4. The Balaban J connectivity index is 1.84. The first kappa shape index (κ1) is 24.7. The van der Waals surface area contributed by atoms with E-state index >= 15 is 4.39 Å². The van der Waals surface area contributed by atoms with Gasteiger partial charge in [0, 0.05) is 36.8 Å². The number of benzene rings is 2. The average Bonchev–Trinajstić information content (AvgIpc) is 3.30. The highest BCUT2D eigenvalue weighted by atomic mass is 35.5. The van der Waals surface area contributed by atoms with Crippen LogP contribution in [0.4, 0.5) is 31.5 Å². The number of hydrogen-bond acceptors (Lipinski definition) is 7. The fourth-order valence-corrected chi connectivity index (χ4v) is 4.39. The van der Waals surface area contributed by atoms with E-state index in [1.807, 2.05) is 7.05 Å². The van der Waals surface area contributed by atoms with Gasteiger partial charge in [-0.1, -0.05) is 16.8 Å². The number of carboxylic acid groups (broad SMARTS) is 1. The van der Waals surface area contributed by atoms with Gasteiger partial charge in [-0.15, -0.1) is 5.10 Å². The molecule has 3 aromatic rings. The fourth-order valence-electron chi connectivity index (χ4n) is 4.20. The molecule has 186 valence electrons. The molecule has 9 nitrogen and oxygen atoms in total. The van der Waals surface area contributed by atoms with Gasteiger partial charge in [0.05, 0.1) is 34.0 Å². The summed E-state index contributed by atoms with van der Waals surface area (Å²) in [5.41, 5.74) is 6.96. The third-order valence-corrected chi connectivity index (χ3v) is 6.93. The molecular weight excluding hydrogens is 480 g/mol. The van der Waals surface area contributed by atoms with Crippen molar-refractivity contribution in [2.75, 3.05) is 36.1 Å². The van der Waals surface area contributed by atoms with Crippen molar-refractivity contribution < 1.29 is 18.7 Å². The highest BCUT2D eigenvalue weighted by molar-refractivity contribution is 6.34. The monoisotopic (exact) mass is 505 g/mol. The zero-order valence-corrected chi connectivity index (χ0v) is 20.4. The number of piperazine rings is 1. The number of nitrogens with two attached hydrogens (primary N) is 1. The van der Waals surface area contributed by atoms with E-state index in [1.54, 1.807) is 0 Å². The number of anilines is 4. The van der Waals surface area contributed by atoms with Gasteiger partial charge in [-0.2, -0.15) is 0 Å². The minimum absolute atomic E-state index is 0.0191. The molecule has 12 heteroatoms. The van der Waals surface area contributed by atoms with Crippen molar-refractivity contribution in [1.82, 2.24) is 19.9 Å². The van der Waals surface area contributed by atoms with Crippen molar-refractivity contribution in [3.63, 3.8) is 0 Å². The van der Waals surface area contributed by atoms with Gasteiger partial charge >= 0.3 is 5.97 Å². The SMILES string of the molecule is Cc1c(F)c(N)cc(Nc2cc(-n3cc(C(=O)O)nn3)c(F)cc2N2C[C@@H](C)N(C)[C@@H](C)C2)c1Cl. The quantitative estimate of drug-likeness (QED) is 0.445. The molecule has 0 saturated carbocycles. The topological polar surface area (TPSA) is 113 Å². The number of carbonyl (C=O) groups is 1. The highest BCUT2D eigenvalue weighted by Crippen LogP contribution is 2.39. The van der Waals surface area contributed by atoms with E-state index in [-0.39, 0.29) is 39.7 Å². The summed E-state index contributed by atoms with van der Waals surface area (Å²) >= 11 is 6.40. The molecule has 0 amide bonds. The van der Waals surface area contributed by atoms with Gasteiger partial charge in [0.2, 0.25) is 0 Å². The molecule has 1 aliphatic heterocycles. The molecular formula is C23H26ClF2N7O2. The van der Waals surface area contributed by atoms with Crippen LogP contribution in [0.2, 0.25) is 5.02 Å². The lowest BCUT2D eigenvalue weighted by Crippen LogP contribution is -2.55. The summed E-state index contributed by atoms with van der Waals surface area (Å²) in [6.07, 6.45) is 1.12. The Bertz CT molecular complexity index is 1290. The van der Waals surface area contributed by atoms with Gasteiger partial charge in [-0.05, 0) is 40.0 Å². The lowest BCUT2D eigenvalue weighted by molar-refractivity contribution is 0.0690. The first-order valence-electron chi connectivity index (χ1n) is 11.0. The second-order valence-corrected chi connectivity index (χ2v) is 9.21. The number of nitrogens with one attached hydrogen (secondary N) is 1. The van der Waals surface area contributed by atoms with Gasteiger partial charge < -0.3 is 21.1 Å². The van der Waals surface area contributed by atoms with E-state index in [0.29, 0.717) is 30.2 Å². The summed E-state index contributed by atoms with van der Waals surface area (Å²) in [7, 11) is 2.05. The molecule has 4 rings (SSSR count). The lowest BCUT2D eigenvalue weighted by atomic mass is 10.1. The van der Waals surface area contributed by atoms with Crippen molar-refractivity contribution >= 4 is 40.3 Å². The number of aromatic nitrogens is 3. The molecule has 2 atom stereocenters. The zero-order chi connectivity index (χ0) is 25.6. The molecule has 1 aromatic heterocycles. The van der Waals surface area contributed by atoms with Gasteiger partial charge in [0.15, 0.2) is 17.3 Å². The Morgan fingerprint density at radius 2 is 1.83 bits per heavy atom. The number of hydrogen-bond donors (Lipinski definition) is 3. The van der Waals surface area contributed by atoms with Crippen LogP contribution >= 0.6 is 11.6 Å². The molecule has 2 aromatic carbocycles. The number of halogens is 3. The van der Waals surface area contributed by atoms with Crippen LogP contribution in [-0.4, -0.2) is 63.2 Å². The summed E-state index contributed by atoms with van der Waals surface area (Å²) in [4.78, 5) is 15.5. The van der Waals surface area contributed by atoms with E-state index in [4.69, 9.17) is 22.4 Å². The fraction of sp³-hybridized carbons (Fsp3) is 0.348. The summed E-state index contributed by atoms with van der Waals surface area (Å²) in [6, 6.07) is 4.64. The van der Waals surface area contributed by atoms with Crippen LogP contribution in [0.15, 0.2) is 24.4 Å². The van der Waals surface area contributed by atoms with Crippen LogP contribution in [0, 0.1) is 18.6 Å². The Labute approximate surface area is 206 Å². The van der Waals surface area contributed by atoms with Crippen LogP contribution in [0.25, 0.3) is 5.69 Å². The van der Waals surface area contributed by atoms with E-state index in [1.165, 1.54) is 25.1 Å². The molecule has 0 bridgehead atoms. The number of aromatic carboxylic acids is 1. The van der Waals surface area contributed by atoms with E-state index in [0.717, 1.165) is 10.9 Å². The molecule has 0 spiro atoms. The second-order valence-electron chi connectivity index (χ2n) is 8.83. The molecule has 0 aliphatic carbocycles. The number of nitrogens with zero attached hydrogens (tertiary/aromatic N) is 5. The number of nitrogen functional groups attached to an aromatic ring is 1. The number of rotatable bonds is 5. The van der Waals surface area contributed by atoms with Crippen molar-refractivity contribution in [2.45, 2.75) is 32.9 Å². The molecule has 4 N–H and O–H groups in total. The lowest BCUT2D eigenvalue weighted by Gasteiger charge is -2.44. The first-order valence-corrected chi connectivity index (χ1v) is 11.3. The third-order valence-electron chi connectivity index (χ3n) is 6.44. The predicted molar refractivity (Wildman–Crippen MR) is 131 cm³/mol. The maximum absolute atomic E-state index is 15.4. The Morgan fingerprint density at radius 1 is 1.17 bits per heavy atom. The van der Waals surface area contributed by atoms with Crippen LogP contribution in [0.3, 0.4) is 0 Å². The van der Waals surface area contributed by atoms with Gasteiger partial charge in [-0.25, -0.2) is 18.3 Å². The van der Waals surface area contributed by atoms with Crippen molar-refractivity contribution in [1.29, 1.82) is 0 Å². The summed E-state index contributed by atoms with van der Waals surface area (Å²) in [5.74, 6) is -2.50. The summed E-state index contributed by atoms with van der Waals surface area (Å²) in [6.45, 7) is 6.97. The van der Waals surface area contributed by atoms with E-state index in [9.17, 15) is 9.18 Å². The normalized spacial score (nSPS) is 18.7. The summed E-state index contributed by atoms with van der Waals surface area (Å²) in [5, 5.41) is 19.8. The molecule has 2 heterocycles. The first-order chi connectivity index (χ1) is 16.5. The molecule has 1 saturated heterocycles. The van der Waals surface area contributed by atoms with Crippen molar-refractivity contribution in [2.24, 2.45) is 0 Å². The maximum Gasteiger partial charge on any atom is 0.358 e. The smallest absolute Gasteiger partial charge is 0.358 e. The van der Waals surface area contributed by atoms with E-state index in [2.05, 4.69) is 39.3 Å². The van der Waals surface area contributed by atoms with Crippen LogP contribution in [0.5, 0.6) is 0 Å². The number of likely N-dealkylation sites (N-methyl/N-ethyl adjacent to an activating group) is 1. The largest absolute Gasteiger partial charge is 0.476 e. The Kier molecular flexibility index (Phi) is 6.56. The molecule has 0 radical (unpaired) electrons. The predicted octanol–water partition coefficient (Wildman–Crippen LogP) is 4.06. The Hall–Kier alpha value is -3.44. The van der Waals surface area contributed by atoms with Crippen LogP contribution in [0.1, 0.15) is 29.9 Å². The standard InChI is InChI=1S/C23H26ClF2N7O2/c1-11-8-32(9-12(2)31(11)4)20-5-14(25)19(33-10-18(23(34)35)29-30-33)7-16(20)28-17-6-15(27)22(26)13(3)21(17)24/h5-7,10-12,28H,8-9,27H2,1-4H3,(H,34,35)/t11-,12+. The highest BCUT2D eigenvalue weighted by Gasteiger charge is 2.29. The molecule has 1 aliphatic rings. The zero-order valence-electron chi connectivity index (χ0n) is 19.7. The van der Waals surface area contributed by atoms with E-state index < -0.39 is 17.6 Å². The van der Waals surface area contributed by atoms with Crippen LogP contribution < -0.4 is 16.0 Å². The molecule has 0 unspecified atom stereocenters. The summed E-state index contributed by atoms with van der Waals surface area (Å²) < 4.78 is 30.6. The van der Waals surface area contributed by atoms with Crippen molar-refractivity contribution in [3.8, 4) is 5.69 Å². The van der Waals surface area contributed by atoms with Gasteiger partial charge in [0.1, 0.15) is 5.69 Å². The minimum Gasteiger partial charge on any atom is -0.476 e.